The van der Waals surface area contributed by atoms with E-state index >= 15 is 0 Å². The normalized spacial score (nSPS) is 11.7. The number of rotatable bonds is 2. The Hall–Kier alpha value is -4.94. The van der Waals surface area contributed by atoms with Crippen LogP contribution in [0.15, 0.2) is 146 Å². The molecule has 0 nitrogen and oxygen atoms in total. The van der Waals surface area contributed by atoms with Crippen LogP contribution in [-0.2, 0) is 0 Å². The molecule has 0 aromatic heterocycles. The highest BCUT2D eigenvalue weighted by Crippen LogP contribution is 2.39. The van der Waals surface area contributed by atoms with Crippen LogP contribution in [0, 0.1) is 0 Å². The summed E-state index contributed by atoms with van der Waals surface area (Å²) in [5, 5.41) is 13.0. The minimum Gasteiger partial charge on any atom is -0.0616 e. The molecule has 0 fully saturated rings. The van der Waals surface area contributed by atoms with Crippen molar-refractivity contribution >= 4 is 53.9 Å². The van der Waals surface area contributed by atoms with Crippen LogP contribution in [0.2, 0.25) is 0 Å². The van der Waals surface area contributed by atoms with Gasteiger partial charge in [-0.3, -0.25) is 0 Å². The zero-order valence-electron chi connectivity index (χ0n) is 20.9. The summed E-state index contributed by atoms with van der Waals surface area (Å²) in [5.74, 6) is 0. The molecule has 0 bridgehead atoms. The molecule has 0 atom stereocenters. The molecular formula is C38H24. The van der Waals surface area contributed by atoms with Gasteiger partial charge in [0.2, 0.25) is 0 Å². The summed E-state index contributed by atoms with van der Waals surface area (Å²) >= 11 is 0. The summed E-state index contributed by atoms with van der Waals surface area (Å²) in [6, 6.07) is 53.3. The molecule has 38 heavy (non-hydrogen) atoms. The van der Waals surface area contributed by atoms with E-state index in [4.69, 9.17) is 0 Å². The number of benzene rings is 8. The summed E-state index contributed by atoms with van der Waals surface area (Å²) in [6.07, 6.45) is 0. The fourth-order valence-corrected chi connectivity index (χ4v) is 6.26. The Morgan fingerprint density at radius 2 is 0.658 bits per heavy atom. The van der Waals surface area contributed by atoms with Crippen molar-refractivity contribution in [1.29, 1.82) is 0 Å². The van der Waals surface area contributed by atoms with Crippen LogP contribution in [-0.4, -0.2) is 0 Å². The average molecular weight is 481 g/mol. The van der Waals surface area contributed by atoms with E-state index in [-0.39, 0.29) is 0 Å². The fraction of sp³-hybridized carbons (Fsp3) is 0. The van der Waals surface area contributed by atoms with E-state index < -0.39 is 0 Å². The maximum absolute atomic E-state index is 2.39. The topological polar surface area (TPSA) is 0 Å². The monoisotopic (exact) mass is 480 g/mol. The van der Waals surface area contributed by atoms with Crippen molar-refractivity contribution in [1.82, 2.24) is 0 Å². The third-order valence-electron chi connectivity index (χ3n) is 8.04. The summed E-state index contributed by atoms with van der Waals surface area (Å²) in [6.45, 7) is 0. The molecule has 0 saturated heterocycles. The first-order chi connectivity index (χ1) is 18.8. The van der Waals surface area contributed by atoms with Crippen LogP contribution < -0.4 is 0 Å². The van der Waals surface area contributed by atoms with Gasteiger partial charge < -0.3 is 0 Å². The van der Waals surface area contributed by atoms with Gasteiger partial charge in [-0.05, 0) is 88.2 Å². The molecule has 0 amide bonds. The molecule has 0 heteroatoms. The Morgan fingerprint density at radius 3 is 1.32 bits per heavy atom. The largest absolute Gasteiger partial charge is 0.0616 e. The molecule has 0 unspecified atom stereocenters. The summed E-state index contributed by atoms with van der Waals surface area (Å²) in [5.41, 5.74) is 5.05. The first-order valence-corrected chi connectivity index (χ1v) is 13.2. The molecular weight excluding hydrogens is 456 g/mol. The molecule has 0 saturated carbocycles. The van der Waals surface area contributed by atoms with E-state index in [9.17, 15) is 0 Å². The van der Waals surface area contributed by atoms with Crippen LogP contribution in [0.1, 0.15) is 0 Å². The molecule has 8 aromatic rings. The molecule has 176 valence electrons. The quantitative estimate of drug-likeness (QED) is 0.216. The summed E-state index contributed by atoms with van der Waals surface area (Å²) in [7, 11) is 0. The Labute approximate surface area is 221 Å². The van der Waals surface area contributed by atoms with E-state index in [0.29, 0.717) is 0 Å². The van der Waals surface area contributed by atoms with Gasteiger partial charge in [-0.15, -0.1) is 0 Å². The molecule has 0 N–H and O–H groups in total. The Kier molecular flexibility index (Phi) is 4.62. The van der Waals surface area contributed by atoms with E-state index in [1.54, 1.807) is 0 Å². The van der Waals surface area contributed by atoms with Gasteiger partial charge in [-0.25, -0.2) is 0 Å². The number of hydrogen-bond donors (Lipinski definition) is 0. The van der Waals surface area contributed by atoms with Crippen molar-refractivity contribution in [2.75, 3.05) is 0 Å². The lowest BCUT2D eigenvalue weighted by Gasteiger charge is -2.14. The number of hydrogen-bond acceptors (Lipinski definition) is 0. The second-order valence-corrected chi connectivity index (χ2v) is 10.1. The van der Waals surface area contributed by atoms with Gasteiger partial charge in [-0.1, -0.05) is 133 Å². The lowest BCUT2D eigenvalue weighted by Crippen LogP contribution is -1.87. The number of fused-ring (bicyclic) bond motifs is 8. The van der Waals surface area contributed by atoms with Crippen molar-refractivity contribution in [3.8, 4) is 22.3 Å². The molecule has 0 radical (unpaired) electrons. The van der Waals surface area contributed by atoms with Crippen LogP contribution in [0.3, 0.4) is 0 Å². The van der Waals surface area contributed by atoms with Crippen LogP contribution in [0.25, 0.3) is 76.1 Å². The predicted molar refractivity (Wildman–Crippen MR) is 165 cm³/mol. The standard InChI is InChI=1S/C38H24/c1-2-12-29-25(9-1)10-7-17-30(29)27-19-21-32-26(23-27)11-8-18-31(32)28-20-22-37-35-15-4-3-13-33(35)34-14-5-6-16-36(34)38(37)24-28/h1-24H. The van der Waals surface area contributed by atoms with Gasteiger partial charge >= 0.3 is 0 Å². The molecule has 0 aliphatic carbocycles. The SMILES string of the molecule is c1ccc2c(-c3ccc4c(-c5ccc6c7ccccc7c7ccccc7c6c5)cccc4c3)cccc2c1. The van der Waals surface area contributed by atoms with Gasteiger partial charge in [0.05, 0.1) is 0 Å². The van der Waals surface area contributed by atoms with Crippen LogP contribution in [0.4, 0.5) is 0 Å². The first kappa shape index (κ1) is 21.2. The molecule has 0 aliphatic rings. The summed E-state index contributed by atoms with van der Waals surface area (Å²) in [4.78, 5) is 0. The van der Waals surface area contributed by atoms with Gasteiger partial charge in [0.25, 0.3) is 0 Å². The maximum Gasteiger partial charge on any atom is -0.00928 e. The van der Waals surface area contributed by atoms with E-state index in [1.165, 1.54) is 76.1 Å². The summed E-state index contributed by atoms with van der Waals surface area (Å²) < 4.78 is 0. The molecule has 0 heterocycles. The van der Waals surface area contributed by atoms with Gasteiger partial charge in [-0.2, -0.15) is 0 Å². The highest BCUT2D eigenvalue weighted by Gasteiger charge is 2.12. The predicted octanol–water partition coefficient (Wildman–Crippen LogP) is 10.8. The highest BCUT2D eigenvalue weighted by atomic mass is 14.2. The van der Waals surface area contributed by atoms with E-state index in [1.807, 2.05) is 0 Å². The van der Waals surface area contributed by atoms with Gasteiger partial charge in [0.1, 0.15) is 0 Å². The molecule has 8 rings (SSSR count). The Balaban J connectivity index is 1.34. The van der Waals surface area contributed by atoms with Crippen molar-refractivity contribution in [2.24, 2.45) is 0 Å². The lowest BCUT2D eigenvalue weighted by atomic mass is 9.90. The Bertz CT molecular complexity index is 2140. The highest BCUT2D eigenvalue weighted by molar-refractivity contribution is 6.26. The lowest BCUT2D eigenvalue weighted by molar-refractivity contribution is 1.66. The second-order valence-electron chi connectivity index (χ2n) is 10.1. The average Bonchev–Trinajstić information content (AvgIpc) is 3.00. The van der Waals surface area contributed by atoms with Crippen LogP contribution >= 0.6 is 0 Å². The van der Waals surface area contributed by atoms with Crippen molar-refractivity contribution in [2.45, 2.75) is 0 Å². The molecule has 8 aromatic carbocycles. The Morgan fingerprint density at radius 1 is 0.237 bits per heavy atom. The van der Waals surface area contributed by atoms with Crippen molar-refractivity contribution in [3.63, 3.8) is 0 Å². The van der Waals surface area contributed by atoms with E-state index in [0.717, 1.165) is 0 Å². The second kappa shape index (κ2) is 8.30. The van der Waals surface area contributed by atoms with Crippen molar-refractivity contribution < 1.29 is 0 Å². The minimum absolute atomic E-state index is 1.25. The maximum atomic E-state index is 2.39. The third kappa shape index (κ3) is 3.17. The zero-order valence-corrected chi connectivity index (χ0v) is 20.9. The van der Waals surface area contributed by atoms with Gasteiger partial charge in [0.15, 0.2) is 0 Å². The van der Waals surface area contributed by atoms with E-state index in [2.05, 4.69) is 146 Å². The molecule has 0 spiro atoms. The van der Waals surface area contributed by atoms with Crippen molar-refractivity contribution in [3.05, 3.63) is 146 Å². The smallest absolute Gasteiger partial charge is 0.00928 e. The first-order valence-electron chi connectivity index (χ1n) is 13.2. The zero-order chi connectivity index (χ0) is 25.1. The minimum atomic E-state index is 1.25. The van der Waals surface area contributed by atoms with Crippen LogP contribution in [0.5, 0.6) is 0 Å². The van der Waals surface area contributed by atoms with Gasteiger partial charge in [0, 0.05) is 0 Å². The fourth-order valence-electron chi connectivity index (χ4n) is 6.26. The molecule has 0 aliphatic heterocycles. The third-order valence-corrected chi connectivity index (χ3v) is 8.04.